The number of carbonyl (C=O) groups is 1. The van der Waals surface area contributed by atoms with Gasteiger partial charge in [0, 0.05) is 5.56 Å². The van der Waals surface area contributed by atoms with Gasteiger partial charge in [-0.2, -0.15) is 0 Å². The van der Waals surface area contributed by atoms with Crippen LogP contribution in [0.4, 0.5) is 0 Å². The lowest BCUT2D eigenvalue weighted by atomic mass is 10.1. The van der Waals surface area contributed by atoms with E-state index >= 15 is 0 Å². The number of carbonyl (C=O) groups excluding carboxylic acids is 1. The van der Waals surface area contributed by atoms with E-state index in [-0.39, 0.29) is 5.70 Å². The van der Waals surface area contributed by atoms with Crippen LogP contribution in [0.1, 0.15) is 22.3 Å². The predicted octanol–water partition coefficient (Wildman–Crippen LogP) is 5.44. The maximum absolute atomic E-state index is 12.3. The van der Waals surface area contributed by atoms with Crippen LogP contribution >= 0.6 is 0 Å². The summed E-state index contributed by atoms with van der Waals surface area (Å²) in [6, 6.07) is 22.9. The summed E-state index contributed by atoms with van der Waals surface area (Å²) in [6.45, 7) is 4.06. The average Bonchev–Trinajstić information content (AvgIpc) is 3.05. The van der Waals surface area contributed by atoms with Crippen molar-refractivity contribution in [2.75, 3.05) is 0 Å². The molecule has 0 unspecified atom stereocenters. The fraction of sp³-hybridized carbons (Fsp3) is 0.0833. The molecule has 0 aliphatic carbocycles. The molecule has 3 aromatic carbocycles. The Morgan fingerprint density at radius 1 is 0.857 bits per heavy atom. The molecule has 0 spiro atoms. The molecule has 1 heterocycles. The summed E-state index contributed by atoms with van der Waals surface area (Å²) >= 11 is 0. The summed E-state index contributed by atoms with van der Waals surface area (Å²) in [5, 5.41) is 0. The number of benzene rings is 3. The van der Waals surface area contributed by atoms with Crippen molar-refractivity contribution in [2.45, 2.75) is 13.8 Å². The number of hydrogen-bond acceptors (Lipinski definition) is 4. The lowest BCUT2D eigenvalue weighted by Gasteiger charge is -2.05. The highest BCUT2D eigenvalue weighted by molar-refractivity contribution is 6.12. The number of nitrogens with zero attached hydrogens (tertiary/aromatic N) is 1. The van der Waals surface area contributed by atoms with Crippen molar-refractivity contribution in [3.63, 3.8) is 0 Å². The molecule has 0 saturated carbocycles. The molecular formula is C24H19NO3. The summed E-state index contributed by atoms with van der Waals surface area (Å²) in [7, 11) is 0. The first-order valence-corrected chi connectivity index (χ1v) is 9.02. The van der Waals surface area contributed by atoms with Gasteiger partial charge >= 0.3 is 5.97 Å². The lowest BCUT2D eigenvalue weighted by Crippen LogP contribution is -2.05. The SMILES string of the molecule is Cc1ccc(C2=N/C(=C\c3cccc(Oc4ccccc4)c3)C(=O)O2)cc1C. The average molecular weight is 369 g/mol. The third-order valence-corrected chi connectivity index (χ3v) is 4.51. The molecule has 4 heteroatoms. The molecule has 0 N–H and O–H groups in total. The van der Waals surface area contributed by atoms with Gasteiger partial charge in [0.2, 0.25) is 5.90 Å². The van der Waals surface area contributed by atoms with Crippen LogP contribution in [0.5, 0.6) is 11.5 Å². The standard InChI is InChI=1S/C24H19NO3/c1-16-11-12-19(13-17(16)2)23-25-22(24(26)28-23)15-18-7-6-10-21(14-18)27-20-8-4-3-5-9-20/h3-15H,1-2H3/b22-15-. The molecule has 1 aliphatic rings. The molecular weight excluding hydrogens is 350 g/mol. The van der Waals surface area contributed by atoms with Crippen LogP contribution in [-0.4, -0.2) is 11.9 Å². The zero-order valence-electron chi connectivity index (χ0n) is 15.7. The Balaban J connectivity index is 1.59. The Labute approximate surface area is 163 Å². The van der Waals surface area contributed by atoms with E-state index in [0.717, 1.165) is 22.4 Å². The van der Waals surface area contributed by atoms with Crippen molar-refractivity contribution < 1.29 is 14.3 Å². The number of aliphatic imine (C=N–C) groups is 1. The van der Waals surface area contributed by atoms with Crippen LogP contribution in [0.15, 0.2) is 83.5 Å². The lowest BCUT2D eigenvalue weighted by molar-refractivity contribution is -0.129. The molecule has 0 saturated heterocycles. The zero-order valence-corrected chi connectivity index (χ0v) is 15.7. The Bertz CT molecular complexity index is 1100. The number of aryl methyl sites for hydroxylation is 2. The summed E-state index contributed by atoms with van der Waals surface area (Å²) in [6.07, 6.45) is 1.70. The van der Waals surface area contributed by atoms with Crippen LogP contribution < -0.4 is 4.74 Å². The van der Waals surface area contributed by atoms with Gasteiger partial charge in [-0.3, -0.25) is 0 Å². The van der Waals surface area contributed by atoms with Gasteiger partial charge in [-0.1, -0.05) is 36.4 Å². The second kappa shape index (κ2) is 7.53. The Hall–Kier alpha value is -3.66. The van der Waals surface area contributed by atoms with Gasteiger partial charge in [0.1, 0.15) is 11.5 Å². The van der Waals surface area contributed by atoms with Gasteiger partial charge < -0.3 is 9.47 Å². The predicted molar refractivity (Wildman–Crippen MR) is 109 cm³/mol. The molecule has 138 valence electrons. The van der Waals surface area contributed by atoms with Gasteiger partial charge in [0.15, 0.2) is 5.70 Å². The van der Waals surface area contributed by atoms with Crippen LogP contribution in [0.3, 0.4) is 0 Å². The Kier molecular flexibility index (Phi) is 4.77. The molecule has 28 heavy (non-hydrogen) atoms. The van der Waals surface area contributed by atoms with E-state index in [1.165, 1.54) is 5.56 Å². The molecule has 0 bridgehead atoms. The van der Waals surface area contributed by atoms with E-state index in [9.17, 15) is 4.79 Å². The highest BCUT2D eigenvalue weighted by Crippen LogP contribution is 2.25. The quantitative estimate of drug-likeness (QED) is 0.454. The molecule has 0 amide bonds. The third kappa shape index (κ3) is 3.86. The fourth-order valence-electron chi connectivity index (χ4n) is 2.86. The van der Waals surface area contributed by atoms with E-state index in [1.807, 2.05) is 86.6 Å². The van der Waals surface area contributed by atoms with Crippen molar-refractivity contribution in [1.82, 2.24) is 0 Å². The minimum Gasteiger partial charge on any atom is -0.457 e. The molecule has 0 radical (unpaired) electrons. The van der Waals surface area contributed by atoms with Crippen molar-refractivity contribution in [3.05, 3.63) is 101 Å². The first-order chi connectivity index (χ1) is 13.6. The van der Waals surface area contributed by atoms with Crippen LogP contribution in [0.25, 0.3) is 6.08 Å². The van der Waals surface area contributed by atoms with Crippen molar-refractivity contribution >= 4 is 17.9 Å². The molecule has 0 fully saturated rings. The minimum atomic E-state index is -0.456. The summed E-state index contributed by atoms with van der Waals surface area (Å²) < 4.78 is 11.2. The minimum absolute atomic E-state index is 0.269. The van der Waals surface area contributed by atoms with Crippen molar-refractivity contribution in [1.29, 1.82) is 0 Å². The van der Waals surface area contributed by atoms with E-state index in [1.54, 1.807) is 6.08 Å². The smallest absolute Gasteiger partial charge is 0.363 e. The second-order valence-electron chi connectivity index (χ2n) is 6.62. The number of hydrogen-bond donors (Lipinski definition) is 0. The second-order valence-corrected chi connectivity index (χ2v) is 6.62. The fourth-order valence-corrected chi connectivity index (χ4v) is 2.86. The molecule has 1 aliphatic heterocycles. The largest absolute Gasteiger partial charge is 0.457 e. The van der Waals surface area contributed by atoms with Crippen LogP contribution in [-0.2, 0) is 9.53 Å². The normalized spacial score (nSPS) is 14.7. The van der Waals surface area contributed by atoms with E-state index in [4.69, 9.17) is 9.47 Å². The molecule has 3 aromatic rings. The zero-order chi connectivity index (χ0) is 19.5. The van der Waals surface area contributed by atoms with Crippen LogP contribution in [0.2, 0.25) is 0 Å². The molecule has 0 aromatic heterocycles. The van der Waals surface area contributed by atoms with Gasteiger partial charge in [-0.05, 0) is 73.0 Å². The summed E-state index contributed by atoms with van der Waals surface area (Å²) in [4.78, 5) is 16.6. The number of para-hydroxylation sites is 1. The first-order valence-electron chi connectivity index (χ1n) is 9.02. The maximum Gasteiger partial charge on any atom is 0.363 e. The topological polar surface area (TPSA) is 47.9 Å². The monoisotopic (exact) mass is 369 g/mol. The number of rotatable bonds is 4. The van der Waals surface area contributed by atoms with Gasteiger partial charge in [-0.25, -0.2) is 9.79 Å². The van der Waals surface area contributed by atoms with Gasteiger partial charge in [-0.15, -0.1) is 0 Å². The molecule has 4 rings (SSSR count). The van der Waals surface area contributed by atoms with E-state index in [2.05, 4.69) is 4.99 Å². The number of esters is 1. The van der Waals surface area contributed by atoms with E-state index < -0.39 is 5.97 Å². The first kappa shape index (κ1) is 17.7. The third-order valence-electron chi connectivity index (χ3n) is 4.51. The summed E-state index contributed by atoms with van der Waals surface area (Å²) in [5.41, 5.74) is 4.18. The van der Waals surface area contributed by atoms with E-state index in [0.29, 0.717) is 11.6 Å². The molecule has 4 nitrogen and oxygen atoms in total. The van der Waals surface area contributed by atoms with Gasteiger partial charge in [0.05, 0.1) is 0 Å². The Morgan fingerprint density at radius 2 is 1.64 bits per heavy atom. The Morgan fingerprint density at radius 3 is 2.43 bits per heavy atom. The van der Waals surface area contributed by atoms with Crippen molar-refractivity contribution in [3.8, 4) is 11.5 Å². The highest BCUT2D eigenvalue weighted by Gasteiger charge is 2.24. The number of cyclic esters (lactones) is 1. The highest BCUT2D eigenvalue weighted by atomic mass is 16.6. The van der Waals surface area contributed by atoms with Crippen LogP contribution in [0, 0.1) is 13.8 Å². The van der Waals surface area contributed by atoms with Crippen molar-refractivity contribution in [2.24, 2.45) is 4.99 Å². The maximum atomic E-state index is 12.3. The number of ether oxygens (including phenoxy) is 2. The molecule has 0 atom stereocenters. The van der Waals surface area contributed by atoms with Gasteiger partial charge in [0.25, 0.3) is 0 Å². The summed E-state index contributed by atoms with van der Waals surface area (Å²) in [5.74, 6) is 1.31.